The van der Waals surface area contributed by atoms with E-state index in [-0.39, 0.29) is 23.8 Å². The van der Waals surface area contributed by atoms with Crippen molar-refractivity contribution < 1.29 is 41.9 Å². The van der Waals surface area contributed by atoms with Gasteiger partial charge in [0.15, 0.2) is 0 Å². The van der Waals surface area contributed by atoms with E-state index in [9.17, 15) is 37.1 Å². The van der Waals surface area contributed by atoms with Crippen LogP contribution in [0.4, 0.5) is 18.0 Å². The van der Waals surface area contributed by atoms with Crippen LogP contribution in [0, 0.1) is 22.7 Å². The minimum Gasteiger partial charge on any atom is -0.444 e. The molecule has 13 heteroatoms. The van der Waals surface area contributed by atoms with Gasteiger partial charge in [-0.05, 0) is 49.9 Å². The minimum absolute atomic E-state index is 0.0789. The normalized spacial score (nSPS) is 24.1. The van der Waals surface area contributed by atoms with Crippen LogP contribution in [0.3, 0.4) is 0 Å². The first-order valence-corrected chi connectivity index (χ1v) is 12.5. The van der Waals surface area contributed by atoms with Gasteiger partial charge in [-0.15, -0.1) is 0 Å². The third-order valence-corrected chi connectivity index (χ3v) is 7.13. The Hall–Kier alpha value is -2.86. The number of likely N-dealkylation sites (tertiary alicyclic amines) is 1. The van der Waals surface area contributed by atoms with Crippen molar-refractivity contribution in [2.75, 3.05) is 6.54 Å². The van der Waals surface area contributed by atoms with E-state index in [0.717, 1.165) is 0 Å². The van der Waals surface area contributed by atoms with Crippen LogP contribution in [0.5, 0.6) is 0 Å². The van der Waals surface area contributed by atoms with Crippen LogP contribution in [0.25, 0.3) is 0 Å². The maximum absolute atomic E-state index is 13.8. The molecule has 1 saturated heterocycles. The van der Waals surface area contributed by atoms with Gasteiger partial charge in [-0.2, -0.15) is 13.2 Å². The Morgan fingerprint density at radius 3 is 2.03 bits per heavy atom. The summed E-state index contributed by atoms with van der Waals surface area (Å²) in [6, 6.07) is -4.01. The lowest BCUT2D eigenvalue weighted by atomic mass is 9.85. The number of nitrogens with one attached hydrogen (secondary N) is 2. The van der Waals surface area contributed by atoms with Crippen LogP contribution < -0.4 is 16.4 Å². The van der Waals surface area contributed by atoms with Crippen LogP contribution in [-0.2, 0) is 23.9 Å². The molecule has 1 aliphatic heterocycles. The van der Waals surface area contributed by atoms with Gasteiger partial charge in [0.25, 0.3) is 5.91 Å². The molecule has 1 saturated carbocycles. The molecule has 0 aromatic heterocycles. The molecule has 2 fully saturated rings. The predicted octanol–water partition coefficient (Wildman–Crippen LogP) is 2.29. The van der Waals surface area contributed by atoms with Gasteiger partial charge >= 0.3 is 12.3 Å². The Morgan fingerprint density at radius 2 is 1.58 bits per heavy atom. The van der Waals surface area contributed by atoms with E-state index in [4.69, 9.17) is 10.5 Å². The number of Topliss-reactive ketones (excluding diaryl/α,β-unsaturated/α-hetero) is 1. The Bertz CT molecular complexity index is 983. The molecule has 216 valence electrons. The largest absolute Gasteiger partial charge is 0.444 e. The van der Waals surface area contributed by atoms with Gasteiger partial charge < -0.3 is 26.0 Å². The number of hydrogen-bond donors (Lipinski definition) is 3. The summed E-state index contributed by atoms with van der Waals surface area (Å²) in [4.78, 5) is 64.6. The summed E-state index contributed by atoms with van der Waals surface area (Å²) in [5.41, 5.74) is 3.04. The van der Waals surface area contributed by atoms with Gasteiger partial charge in [0.1, 0.15) is 17.7 Å². The zero-order valence-corrected chi connectivity index (χ0v) is 23.1. The Kier molecular flexibility index (Phi) is 8.55. The second kappa shape index (κ2) is 10.4. The van der Waals surface area contributed by atoms with Gasteiger partial charge in [-0.3, -0.25) is 19.2 Å². The van der Waals surface area contributed by atoms with Crippen molar-refractivity contribution in [1.29, 1.82) is 0 Å². The summed E-state index contributed by atoms with van der Waals surface area (Å²) in [5, 5.41) is 4.83. The van der Waals surface area contributed by atoms with Gasteiger partial charge in [-0.1, -0.05) is 34.6 Å². The van der Waals surface area contributed by atoms with E-state index in [1.165, 1.54) is 4.90 Å². The molecule has 2 aliphatic rings. The summed E-state index contributed by atoms with van der Waals surface area (Å²) < 4.78 is 43.8. The summed E-state index contributed by atoms with van der Waals surface area (Å²) in [6.07, 6.45) is -7.75. The number of carbonyl (C=O) groups excluding carboxylic acids is 5. The maximum atomic E-state index is 13.8. The first kappa shape index (κ1) is 31.4. The van der Waals surface area contributed by atoms with Crippen molar-refractivity contribution in [2.45, 2.75) is 98.1 Å². The molecule has 4 amide bonds. The number of amides is 4. The molecule has 0 bridgehead atoms. The van der Waals surface area contributed by atoms with Crippen molar-refractivity contribution in [3.63, 3.8) is 0 Å². The first-order valence-electron chi connectivity index (χ1n) is 12.5. The standard InChI is InChI=1S/C25H39F3N4O6/c1-22(2,3)17(31-21(37)38-23(4,5)6)20(36)32-11-12-14(24(12,7)8)15(32)19(35)30-13(16(33)18(29)34)9-10-25(26,27)28/h12-15,17H,9-11H2,1-8H3,(H2,29,34)(H,30,35)(H,31,37)/t12-,13?,14-,15-,17+/m0/s1. The molecule has 1 unspecified atom stereocenters. The van der Waals surface area contributed by atoms with Crippen LogP contribution in [-0.4, -0.2) is 70.9 Å². The zero-order chi connectivity index (χ0) is 29.6. The molecule has 0 aromatic carbocycles. The number of halogens is 3. The number of fused-ring (bicyclic) bond motifs is 1. The van der Waals surface area contributed by atoms with Crippen molar-refractivity contribution >= 4 is 29.6 Å². The fraction of sp³-hybridized carbons (Fsp3) is 0.800. The lowest BCUT2D eigenvalue weighted by molar-refractivity contribution is -0.147. The molecule has 5 atom stereocenters. The predicted molar refractivity (Wildman–Crippen MR) is 130 cm³/mol. The molecule has 38 heavy (non-hydrogen) atoms. The molecular formula is C25H39F3N4O6. The smallest absolute Gasteiger partial charge is 0.408 e. The van der Waals surface area contributed by atoms with Crippen LogP contribution in [0.15, 0.2) is 0 Å². The number of ether oxygens (including phenoxy) is 1. The van der Waals surface area contributed by atoms with Crippen LogP contribution in [0.2, 0.25) is 0 Å². The number of piperidine rings is 1. The van der Waals surface area contributed by atoms with Crippen molar-refractivity contribution in [2.24, 2.45) is 28.4 Å². The Labute approximate surface area is 220 Å². The molecule has 1 heterocycles. The van der Waals surface area contributed by atoms with Crippen LogP contribution >= 0.6 is 0 Å². The summed E-state index contributed by atoms with van der Waals surface area (Å²) >= 11 is 0. The van der Waals surface area contributed by atoms with Crippen LogP contribution in [0.1, 0.15) is 68.2 Å². The van der Waals surface area contributed by atoms with Crippen molar-refractivity contribution in [1.82, 2.24) is 15.5 Å². The van der Waals surface area contributed by atoms with E-state index in [0.29, 0.717) is 0 Å². The molecule has 0 aromatic rings. The second-order valence-electron chi connectivity index (χ2n) is 12.8. The average molecular weight is 549 g/mol. The van der Waals surface area contributed by atoms with E-state index < -0.39 is 77.8 Å². The zero-order valence-electron chi connectivity index (χ0n) is 23.1. The molecular weight excluding hydrogens is 509 g/mol. The molecule has 4 N–H and O–H groups in total. The van der Waals surface area contributed by atoms with Gasteiger partial charge in [-0.25, -0.2) is 4.79 Å². The summed E-state index contributed by atoms with van der Waals surface area (Å²) in [7, 11) is 0. The highest BCUT2D eigenvalue weighted by Gasteiger charge is 2.70. The molecule has 0 radical (unpaired) electrons. The first-order chi connectivity index (χ1) is 17.0. The highest BCUT2D eigenvalue weighted by Crippen LogP contribution is 2.65. The number of rotatable bonds is 8. The lowest BCUT2D eigenvalue weighted by Crippen LogP contribution is -2.60. The van der Waals surface area contributed by atoms with E-state index in [1.54, 1.807) is 41.5 Å². The number of ketones is 1. The third-order valence-electron chi connectivity index (χ3n) is 7.13. The van der Waals surface area contributed by atoms with Gasteiger partial charge in [0, 0.05) is 13.0 Å². The lowest BCUT2D eigenvalue weighted by Gasteiger charge is -2.38. The molecule has 10 nitrogen and oxygen atoms in total. The van der Waals surface area contributed by atoms with E-state index in [2.05, 4.69) is 10.6 Å². The number of nitrogens with two attached hydrogens (primary N) is 1. The monoisotopic (exact) mass is 548 g/mol. The fourth-order valence-corrected chi connectivity index (χ4v) is 5.06. The maximum Gasteiger partial charge on any atom is 0.408 e. The average Bonchev–Trinajstić information content (AvgIpc) is 3.06. The number of hydrogen-bond acceptors (Lipinski definition) is 6. The van der Waals surface area contributed by atoms with Gasteiger partial charge in [0.05, 0.1) is 6.04 Å². The number of primary amides is 1. The number of nitrogens with zero attached hydrogens (tertiary/aromatic N) is 1. The highest BCUT2D eigenvalue weighted by molar-refractivity contribution is 6.37. The Morgan fingerprint density at radius 1 is 1.03 bits per heavy atom. The topological polar surface area (TPSA) is 148 Å². The summed E-state index contributed by atoms with van der Waals surface area (Å²) in [6.45, 7) is 14.2. The Balaban J connectivity index is 2.33. The molecule has 2 rings (SSSR count). The highest BCUT2D eigenvalue weighted by atomic mass is 19.4. The number of alkyl carbamates (subject to hydrolysis) is 1. The quantitative estimate of drug-likeness (QED) is 0.397. The van der Waals surface area contributed by atoms with Crippen molar-refractivity contribution in [3.8, 4) is 0 Å². The van der Waals surface area contributed by atoms with E-state index >= 15 is 0 Å². The van der Waals surface area contributed by atoms with E-state index in [1.807, 2.05) is 13.8 Å². The fourth-order valence-electron chi connectivity index (χ4n) is 5.06. The SMILES string of the molecule is CC(C)(C)OC(=O)N[C@H](C(=O)N1C[C@H]2[C@@H]([C@H]1C(=O)NC(CCC(F)(F)F)C(=O)C(N)=O)C2(C)C)C(C)(C)C. The number of carbonyl (C=O) groups is 5. The molecule has 0 spiro atoms. The van der Waals surface area contributed by atoms with Gasteiger partial charge in [0.2, 0.25) is 17.6 Å². The van der Waals surface area contributed by atoms with Crippen molar-refractivity contribution in [3.05, 3.63) is 0 Å². The third kappa shape index (κ3) is 7.37. The second-order valence-corrected chi connectivity index (χ2v) is 12.8. The minimum atomic E-state index is -4.63. The molecule has 1 aliphatic carbocycles. The summed E-state index contributed by atoms with van der Waals surface area (Å²) in [5.74, 6) is -4.67. The number of alkyl halides is 3.